The Morgan fingerprint density at radius 1 is 1.13 bits per heavy atom. The number of carbonyl (C=O) groups is 1. The van der Waals surface area contributed by atoms with Crippen LogP contribution < -0.4 is 5.32 Å². The highest BCUT2D eigenvalue weighted by Gasteiger charge is 2.34. The lowest BCUT2D eigenvalue weighted by molar-refractivity contribution is 0.199. The average Bonchev–Trinajstić information content (AvgIpc) is 2.87. The average molecular weight is 433 g/mol. The van der Waals surface area contributed by atoms with Gasteiger partial charge in [-0.05, 0) is 36.8 Å². The monoisotopic (exact) mass is 432 g/mol. The number of hydrogen-bond donors (Lipinski definition) is 1. The highest BCUT2D eigenvalue weighted by atomic mass is 32.2. The molecule has 1 N–H and O–H groups in total. The second-order valence-electron chi connectivity index (χ2n) is 8.30. The Kier molecular flexibility index (Phi) is 6.85. The normalized spacial score (nSPS) is 19.2. The minimum absolute atomic E-state index is 0.0597. The number of benzene rings is 1. The number of hydrogen-bond acceptors (Lipinski definition) is 4. The van der Waals surface area contributed by atoms with E-state index in [-0.39, 0.29) is 10.9 Å². The number of urea groups is 1. The van der Waals surface area contributed by atoms with Crippen molar-refractivity contribution in [1.82, 2.24) is 15.1 Å². The third-order valence-corrected chi connectivity index (χ3v) is 6.98. The predicted octanol–water partition coefficient (Wildman–Crippen LogP) is 3.10. The van der Waals surface area contributed by atoms with Crippen LogP contribution >= 0.6 is 0 Å². The predicted molar refractivity (Wildman–Crippen MR) is 121 cm³/mol. The molecule has 2 heterocycles. The lowest BCUT2D eigenvalue weighted by Crippen LogP contribution is -2.43. The van der Waals surface area contributed by atoms with Crippen molar-refractivity contribution in [2.24, 2.45) is 10.3 Å². The molecule has 0 radical (unpaired) electrons. The van der Waals surface area contributed by atoms with E-state index in [0.29, 0.717) is 55.6 Å². The van der Waals surface area contributed by atoms with E-state index in [1.54, 1.807) is 4.90 Å². The zero-order valence-electron chi connectivity index (χ0n) is 18.3. The van der Waals surface area contributed by atoms with E-state index in [0.717, 1.165) is 18.4 Å². The van der Waals surface area contributed by atoms with Crippen LogP contribution in [-0.4, -0.2) is 62.8 Å². The van der Waals surface area contributed by atoms with E-state index >= 15 is 0 Å². The fraction of sp³-hybridized carbons (Fsp3) is 0.545. The first-order valence-corrected chi connectivity index (χ1v) is 12.1. The van der Waals surface area contributed by atoms with E-state index in [1.807, 2.05) is 36.1 Å². The molecule has 0 unspecified atom stereocenters. The van der Waals surface area contributed by atoms with Crippen molar-refractivity contribution >= 4 is 26.8 Å². The van der Waals surface area contributed by atoms with Crippen LogP contribution in [0.15, 0.2) is 34.2 Å². The number of carbonyl (C=O) groups excluding carboxylic acids is 1. The van der Waals surface area contributed by atoms with Crippen molar-refractivity contribution in [2.45, 2.75) is 40.5 Å². The molecule has 8 heteroatoms. The number of sulfonamides is 1. The second-order valence-corrected chi connectivity index (χ2v) is 9.84. The summed E-state index contributed by atoms with van der Waals surface area (Å²) in [4.78, 5) is 16.5. The van der Waals surface area contributed by atoms with E-state index in [2.05, 4.69) is 30.5 Å². The van der Waals surface area contributed by atoms with Gasteiger partial charge in [0.2, 0.25) is 0 Å². The fourth-order valence-electron chi connectivity index (χ4n) is 3.81. The van der Waals surface area contributed by atoms with Crippen LogP contribution in [0, 0.1) is 5.92 Å². The third kappa shape index (κ3) is 4.86. The SMILES string of the molecule is CCc1ccc(C2=C(C)C(N3CCCN(C(=O)NCC(C)C)CC3)=NS2(=O)=O)cc1. The molecule has 3 rings (SSSR count). The summed E-state index contributed by atoms with van der Waals surface area (Å²) in [5.74, 6) is 0.905. The van der Waals surface area contributed by atoms with Gasteiger partial charge < -0.3 is 15.1 Å². The topological polar surface area (TPSA) is 82.1 Å². The zero-order chi connectivity index (χ0) is 21.9. The molecule has 7 nitrogen and oxygen atoms in total. The molecule has 1 aromatic rings. The van der Waals surface area contributed by atoms with Crippen LogP contribution in [0.3, 0.4) is 0 Å². The Hall–Kier alpha value is -2.35. The molecule has 2 aliphatic rings. The number of amidine groups is 1. The summed E-state index contributed by atoms with van der Waals surface area (Å²) in [6.07, 6.45) is 1.67. The molecular formula is C22H32N4O3S. The van der Waals surface area contributed by atoms with Crippen molar-refractivity contribution in [3.05, 3.63) is 41.0 Å². The Morgan fingerprint density at radius 3 is 2.47 bits per heavy atom. The van der Waals surface area contributed by atoms with Crippen LogP contribution in [0.4, 0.5) is 4.79 Å². The standard InChI is InChI=1S/C22H32N4O3S/c1-5-18-7-9-19(10-8-18)20-17(4)21(24-30(20,28)29)25-11-6-12-26(14-13-25)22(27)23-15-16(2)3/h7-10,16H,5-6,11-15H2,1-4H3,(H,23,27). The molecule has 2 amide bonds. The lowest BCUT2D eigenvalue weighted by atomic mass is 10.1. The van der Waals surface area contributed by atoms with Gasteiger partial charge in [0.1, 0.15) is 10.7 Å². The van der Waals surface area contributed by atoms with Crippen LogP contribution in [0.5, 0.6) is 0 Å². The molecule has 2 aliphatic heterocycles. The molecule has 0 bridgehead atoms. The van der Waals surface area contributed by atoms with Crippen molar-refractivity contribution in [3.63, 3.8) is 0 Å². The van der Waals surface area contributed by atoms with Gasteiger partial charge >= 0.3 is 6.03 Å². The first-order chi connectivity index (χ1) is 14.2. The molecule has 1 saturated heterocycles. The summed E-state index contributed by atoms with van der Waals surface area (Å²) in [5.41, 5.74) is 2.52. The zero-order valence-corrected chi connectivity index (χ0v) is 19.1. The molecule has 1 aromatic carbocycles. The highest BCUT2D eigenvalue weighted by Crippen LogP contribution is 2.34. The van der Waals surface area contributed by atoms with E-state index < -0.39 is 10.0 Å². The van der Waals surface area contributed by atoms with Crippen molar-refractivity contribution in [2.75, 3.05) is 32.7 Å². The van der Waals surface area contributed by atoms with Crippen molar-refractivity contribution in [1.29, 1.82) is 0 Å². The molecule has 164 valence electrons. The number of nitrogens with zero attached hydrogens (tertiary/aromatic N) is 3. The summed E-state index contributed by atoms with van der Waals surface area (Å²) >= 11 is 0. The number of amides is 2. The fourth-order valence-corrected chi connectivity index (χ4v) is 5.29. The van der Waals surface area contributed by atoms with Crippen molar-refractivity contribution in [3.8, 4) is 0 Å². The Bertz CT molecular complexity index is 949. The molecular weight excluding hydrogens is 400 g/mol. The van der Waals surface area contributed by atoms with Gasteiger partial charge in [-0.25, -0.2) is 4.79 Å². The van der Waals surface area contributed by atoms with Crippen LogP contribution in [0.2, 0.25) is 0 Å². The molecule has 0 aromatic heterocycles. The summed E-state index contributed by atoms with van der Waals surface area (Å²) in [5, 5.41) is 2.96. The molecule has 0 spiro atoms. The van der Waals surface area contributed by atoms with E-state index in [1.165, 1.54) is 0 Å². The van der Waals surface area contributed by atoms with Gasteiger partial charge in [-0.3, -0.25) is 0 Å². The Morgan fingerprint density at radius 2 is 1.83 bits per heavy atom. The summed E-state index contributed by atoms with van der Waals surface area (Å²) in [6, 6.07) is 7.58. The summed E-state index contributed by atoms with van der Waals surface area (Å²) < 4.78 is 29.8. The van der Waals surface area contributed by atoms with Crippen LogP contribution in [-0.2, 0) is 16.4 Å². The lowest BCUT2D eigenvalue weighted by Gasteiger charge is -2.24. The molecule has 0 aliphatic carbocycles. The second kappa shape index (κ2) is 9.20. The first-order valence-electron chi connectivity index (χ1n) is 10.7. The Labute approximate surface area is 179 Å². The minimum atomic E-state index is -3.73. The van der Waals surface area contributed by atoms with Crippen molar-refractivity contribution < 1.29 is 13.2 Å². The highest BCUT2D eigenvalue weighted by molar-refractivity contribution is 8.00. The third-order valence-electron chi connectivity index (χ3n) is 5.51. The van der Waals surface area contributed by atoms with E-state index in [9.17, 15) is 13.2 Å². The summed E-state index contributed by atoms with van der Waals surface area (Å²) in [7, 11) is -3.73. The smallest absolute Gasteiger partial charge is 0.317 e. The quantitative estimate of drug-likeness (QED) is 0.793. The largest absolute Gasteiger partial charge is 0.354 e. The van der Waals surface area contributed by atoms with Gasteiger partial charge in [0.15, 0.2) is 0 Å². The van der Waals surface area contributed by atoms with Gasteiger partial charge in [-0.15, -0.1) is 4.40 Å². The molecule has 0 saturated carbocycles. The summed E-state index contributed by atoms with van der Waals surface area (Å²) in [6.45, 7) is 11.1. The molecule has 30 heavy (non-hydrogen) atoms. The molecule has 0 atom stereocenters. The van der Waals surface area contributed by atoms with Crippen LogP contribution in [0.25, 0.3) is 4.91 Å². The van der Waals surface area contributed by atoms with Gasteiger partial charge in [0, 0.05) is 38.3 Å². The van der Waals surface area contributed by atoms with Gasteiger partial charge in [0.25, 0.3) is 10.0 Å². The number of rotatable bonds is 4. The minimum Gasteiger partial charge on any atom is -0.354 e. The number of aryl methyl sites for hydroxylation is 1. The maximum atomic E-state index is 12.8. The van der Waals surface area contributed by atoms with Gasteiger partial charge in [-0.2, -0.15) is 8.42 Å². The van der Waals surface area contributed by atoms with E-state index in [4.69, 9.17) is 0 Å². The maximum Gasteiger partial charge on any atom is 0.317 e. The van der Waals surface area contributed by atoms with Gasteiger partial charge in [-0.1, -0.05) is 45.0 Å². The van der Waals surface area contributed by atoms with Gasteiger partial charge in [0.05, 0.1) is 0 Å². The number of nitrogens with one attached hydrogen (secondary N) is 1. The molecule has 1 fully saturated rings. The first kappa shape index (κ1) is 22.3. The van der Waals surface area contributed by atoms with Crippen LogP contribution in [0.1, 0.15) is 45.2 Å². The maximum absolute atomic E-state index is 12.8. The Balaban J connectivity index is 1.77.